The first-order valence-corrected chi connectivity index (χ1v) is 9.46. The van der Waals surface area contributed by atoms with Gasteiger partial charge >= 0.3 is 5.97 Å². The molecule has 0 bridgehead atoms. The van der Waals surface area contributed by atoms with E-state index < -0.39 is 17.4 Å². The molecule has 3 aliphatic rings. The zero-order chi connectivity index (χ0) is 18.4. The predicted molar refractivity (Wildman–Crippen MR) is 92.8 cm³/mol. The molecule has 3 fully saturated rings. The zero-order valence-corrected chi connectivity index (χ0v) is 15.6. The summed E-state index contributed by atoms with van der Waals surface area (Å²) in [4.78, 5) is 41.0. The molecule has 2 amide bonds. The van der Waals surface area contributed by atoms with E-state index in [2.05, 4.69) is 0 Å². The molecule has 25 heavy (non-hydrogen) atoms. The van der Waals surface area contributed by atoms with Crippen molar-refractivity contribution in [2.24, 2.45) is 16.7 Å². The van der Waals surface area contributed by atoms with E-state index in [4.69, 9.17) is 0 Å². The summed E-state index contributed by atoms with van der Waals surface area (Å²) in [7, 11) is 0. The van der Waals surface area contributed by atoms with Gasteiger partial charge in [-0.2, -0.15) is 0 Å². The van der Waals surface area contributed by atoms with Crippen LogP contribution >= 0.6 is 0 Å². The summed E-state index contributed by atoms with van der Waals surface area (Å²) in [5.74, 6) is -0.711. The molecule has 0 aromatic carbocycles. The Hall–Kier alpha value is -1.59. The number of rotatable bonds is 3. The molecule has 3 atom stereocenters. The van der Waals surface area contributed by atoms with E-state index in [1.807, 2.05) is 20.8 Å². The van der Waals surface area contributed by atoms with Crippen LogP contribution in [0.5, 0.6) is 0 Å². The van der Waals surface area contributed by atoms with Gasteiger partial charge < -0.3 is 14.9 Å². The Morgan fingerprint density at radius 2 is 1.88 bits per heavy atom. The smallest absolute Gasteiger partial charge is 0.311 e. The molecular weight excluding hydrogens is 320 g/mol. The Morgan fingerprint density at radius 1 is 1.16 bits per heavy atom. The van der Waals surface area contributed by atoms with Gasteiger partial charge in [-0.1, -0.05) is 27.2 Å². The molecule has 6 heteroatoms. The number of carbonyl (C=O) groups is 3. The molecule has 3 rings (SSSR count). The van der Waals surface area contributed by atoms with Crippen LogP contribution in [0.3, 0.4) is 0 Å². The van der Waals surface area contributed by atoms with Crippen LogP contribution < -0.4 is 0 Å². The zero-order valence-electron chi connectivity index (χ0n) is 15.6. The van der Waals surface area contributed by atoms with Gasteiger partial charge in [0.2, 0.25) is 11.8 Å². The number of amides is 2. The van der Waals surface area contributed by atoms with Crippen LogP contribution in [0.4, 0.5) is 0 Å². The topological polar surface area (TPSA) is 77.9 Å². The average molecular weight is 350 g/mol. The Bertz CT molecular complexity index is 582. The highest BCUT2D eigenvalue weighted by molar-refractivity contribution is 5.89. The lowest BCUT2D eigenvalue weighted by Crippen LogP contribution is -2.48. The van der Waals surface area contributed by atoms with Gasteiger partial charge in [-0.3, -0.25) is 14.4 Å². The van der Waals surface area contributed by atoms with Crippen molar-refractivity contribution < 1.29 is 19.5 Å². The summed E-state index contributed by atoms with van der Waals surface area (Å²) in [5.41, 5.74) is -0.861. The summed E-state index contributed by atoms with van der Waals surface area (Å²) in [6, 6.07) is -0.403. The minimum absolute atomic E-state index is 0.0377. The molecule has 1 aliphatic carbocycles. The van der Waals surface area contributed by atoms with Gasteiger partial charge in [0.05, 0.1) is 5.41 Å². The largest absolute Gasteiger partial charge is 0.481 e. The summed E-state index contributed by atoms with van der Waals surface area (Å²) < 4.78 is 0. The maximum Gasteiger partial charge on any atom is 0.311 e. The Kier molecular flexibility index (Phi) is 4.58. The van der Waals surface area contributed by atoms with Crippen LogP contribution in [-0.2, 0) is 14.4 Å². The quantitative estimate of drug-likeness (QED) is 0.846. The van der Waals surface area contributed by atoms with E-state index in [-0.39, 0.29) is 23.1 Å². The van der Waals surface area contributed by atoms with Crippen LogP contribution in [0.1, 0.15) is 59.3 Å². The third kappa shape index (κ3) is 3.27. The van der Waals surface area contributed by atoms with Crippen LogP contribution in [0.15, 0.2) is 0 Å². The molecule has 0 aromatic heterocycles. The summed E-state index contributed by atoms with van der Waals surface area (Å²) >= 11 is 0. The molecular formula is C19H30N2O4. The Balaban J connectivity index is 1.71. The number of carbonyl (C=O) groups excluding carboxylic acids is 2. The molecule has 2 saturated heterocycles. The first-order chi connectivity index (χ1) is 11.6. The highest BCUT2D eigenvalue weighted by Gasteiger charge is 2.56. The van der Waals surface area contributed by atoms with Crippen molar-refractivity contribution >= 4 is 17.8 Å². The second-order valence-corrected chi connectivity index (χ2v) is 9.25. The molecule has 140 valence electrons. The van der Waals surface area contributed by atoms with Gasteiger partial charge in [0.25, 0.3) is 0 Å². The summed E-state index contributed by atoms with van der Waals surface area (Å²) in [6.07, 6.45) is 4.43. The van der Waals surface area contributed by atoms with Crippen molar-refractivity contribution in [2.75, 3.05) is 19.6 Å². The SMILES string of the molecule is CC(C)(C)CC(=O)N1CCCC1C(=O)N1C[C@@H]2CCC[C@@]2(C(=O)O)C1. The lowest BCUT2D eigenvalue weighted by Gasteiger charge is -2.31. The predicted octanol–water partition coefficient (Wildman–Crippen LogP) is 2.13. The van der Waals surface area contributed by atoms with E-state index in [1.165, 1.54) is 0 Å². The van der Waals surface area contributed by atoms with Crippen molar-refractivity contribution in [3.8, 4) is 0 Å². The van der Waals surface area contributed by atoms with Gasteiger partial charge in [0, 0.05) is 26.1 Å². The van der Waals surface area contributed by atoms with Gasteiger partial charge in [0.15, 0.2) is 0 Å². The molecule has 0 aromatic rings. The van der Waals surface area contributed by atoms with Crippen molar-refractivity contribution in [1.29, 1.82) is 0 Å². The monoisotopic (exact) mass is 350 g/mol. The fraction of sp³-hybridized carbons (Fsp3) is 0.842. The second-order valence-electron chi connectivity index (χ2n) is 9.25. The standard InChI is InChI=1S/C19H30N2O4/c1-18(2,3)10-15(22)21-9-5-7-14(21)16(23)20-11-13-6-4-8-19(13,12-20)17(24)25/h13-14H,4-12H2,1-3H3,(H,24,25)/t13-,14?,19+/m0/s1. The average Bonchev–Trinajstić information content (AvgIpc) is 3.18. The van der Waals surface area contributed by atoms with Crippen molar-refractivity contribution in [3.63, 3.8) is 0 Å². The maximum atomic E-state index is 13.1. The summed E-state index contributed by atoms with van der Waals surface area (Å²) in [6.45, 7) is 7.54. The third-order valence-electron chi connectivity index (χ3n) is 6.15. The maximum absolute atomic E-state index is 13.1. The lowest BCUT2D eigenvalue weighted by atomic mass is 9.81. The first kappa shape index (κ1) is 18.2. The van der Waals surface area contributed by atoms with Crippen molar-refractivity contribution in [3.05, 3.63) is 0 Å². The molecule has 0 radical (unpaired) electrons. The number of nitrogens with zero attached hydrogens (tertiary/aromatic N) is 2. The van der Waals surface area contributed by atoms with Gasteiger partial charge in [-0.05, 0) is 37.0 Å². The van der Waals surface area contributed by atoms with E-state index in [9.17, 15) is 19.5 Å². The van der Waals surface area contributed by atoms with Crippen LogP contribution in [-0.4, -0.2) is 58.4 Å². The van der Waals surface area contributed by atoms with Crippen molar-refractivity contribution in [1.82, 2.24) is 9.80 Å². The first-order valence-electron chi connectivity index (χ1n) is 9.46. The molecule has 6 nitrogen and oxygen atoms in total. The number of fused-ring (bicyclic) bond motifs is 1. The summed E-state index contributed by atoms with van der Waals surface area (Å²) in [5, 5.41) is 9.70. The van der Waals surface area contributed by atoms with E-state index in [0.29, 0.717) is 38.9 Å². The number of carboxylic acid groups (broad SMARTS) is 1. The van der Waals surface area contributed by atoms with E-state index >= 15 is 0 Å². The van der Waals surface area contributed by atoms with Gasteiger partial charge in [-0.25, -0.2) is 0 Å². The fourth-order valence-corrected chi connectivity index (χ4v) is 4.89. The molecule has 1 saturated carbocycles. The van der Waals surface area contributed by atoms with E-state index in [1.54, 1.807) is 9.80 Å². The Morgan fingerprint density at radius 3 is 2.48 bits per heavy atom. The molecule has 1 unspecified atom stereocenters. The molecule has 2 aliphatic heterocycles. The third-order valence-corrected chi connectivity index (χ3v) is 6.15. The Labute approximate surface area is 149 Å². The van der Waals surface area contributed by atoms with Crippen LogP contribution in [0, 0.1) is 16.7 Å². The molecule has 0 spiro atoms. The minimum atomic E-state index is -0.766. The number of hydrogen-bond acceptors (Lipinski definition) is 3. The number of hydrogen-bond donors (Lipinski definition) is 1. The van der Waals surface area contributed by atoms with E-state index in [0.717, 1.165) is 19.3 Å². The highest BCUT2D eigenvalue weighted by Crippen LogP contribution is 2.49. The van der Waals surface area contributed by atoms with Gasteiger partial charge in [0.1, 0.15) is 6.04 Å². The minimum Gasteiger partial charge on any atom is -0.481 e. The molecule has 1 N–H and O–H groups in total. The number of aliphatic carboxylic acids is 1. The van der Waals surface area contributed by atoms with Crippen molar-refractivity contribution in [2.45, 2.75) is 65.3 Å². The fourth-order valence-electron chi connectivity index (χ4n) is 4.89. The highest BCUT2D eigenvalue weighted by atomic mass is 16.4. The second kappa shape index (κ2) is 6.29. The number of carboxylic acids is 1. The normalized spacial score (nSPS) is 32.1. The van der Waals surface area contributed by atoms with Crippen LogP contribution in [0.2, 0.25) is 0 Å². The number of likely N-dealkylation sites (tertiary alicyclic amines) is 2. The van der Waals surface area contributed by atoms with Gasteiger partial charge in [-0.15, -0.1) is 0 Å². The van der Waals surface area contributed by atoms with Crippen LogP contribution in [0.25, 0.3) is 0 Å². The molecule has 2 heterocycles. The lowest BCUT2D eigenvalue weighted by molar-refractivity contribution is -0.150.